The Labute approximate surface area is 99.5 Å². The van der Waals surface area contributed by atoms with Crippen LogP contribution in [0, 0.1) is 0 Å². The van der Waals surface area contributed by atoms with Gasteiger partial charge in [-0.2, -0.15) is 4.68 Å². The van der Waals surface area contributed by atoms with E-state index < -0.39 is 0 Å². The summed E-state index contributed by atoms with van der Waals surface area (Å²) in [6.07, 6.45) is 1.71. The second-order valence-corrected chi connectivity index (χ2v) is 3.81. The van der Waals surface area contributed by atoms with Crippen LogP contribution >= 0.6 is 0 Å². The van der Waals surface area contributed by atoms with E-state index in [0.717, 1.165) is 12.1 Å². The molecule has 5 heteroatoms. The predicted octanol–water partition coefficient (Wildman–Crippen LogP) is 1.57. The summed E-state index contributed by atoms with van der Waals surface area (Å²) in [6.45, 7) is 1.98. The molecule has 0 N–H and O–H groups in total. The second kappa shape index (κ2) is 5.34. The van der Waals surface area contributed by atoms with Gasteiger partial charge in [0.1, 0.15) is 5.78 Å². The zero-order valence-electron chi connectivity index (χ0n) is 9.71. The summed E-state index contributed by atoms with van der Waals surface area (Å²) in [5.41, 5.74) is 0.872. The zero-order chi connectivity index (χ0) is 12.1. The first-order chi connectivity index (χ1) is 8.31. The van der Waals surface area contributed by atoms with Crippen LogP contribution in [0.5, 0.6) is 0 Å². The summed E-state index contributed by atoms with van der Waals surface area (Å²) in [7, 11) is 0. The van der Waals surface area contributed by atoms with Crippen LogP contribution in [0.1, 0.15) is 25.6 Å². The van der Waals surface area contributed by atoms with Gasteiger partial charge in [0, 0.05) is 6.42 Å². The highest BCUT2D eigenvalue weighted by Crippen LogP contribution is 2.08. The van der Waals surface area contributed by atoms with E-state index in [2.05, 4.69) is 15.5 Å². The Hall–Kier alpha value is -2.04. The number of aromatic nitrogens is 4. The first kappa shape index (κ1) is 11.4. The van der Waals surface area contributed by atoms with Gasteiger partial charge in [-0.1, -0.05) is 25.1 Å². The number of ketones is 1. The van der Waals surface area contributed by atoms with E-state index in [1.165, 1.54) is 0 Å². The first-order valence-electron chi connectivity index (χ1n) is 5.65. The van der Waals surface area contributed by atoms with Gasteiger partial charge >= 0.3 is 0 Å². The van der Waals surface area contributed by atoms with Crippen LogP contribution in [0.4, 0.5) is 0 Å². The van der Waals surface area contributed by atoms with Gasteiger partial charge in [0.2, 0.25) is 0 Å². The Kier molecular flexibility index (Phi) is 3.59. The lowest BCUT2D eigenvalue weighted by Gasteiger charge is -2.03. The maximum Gasteiger partial charge on any atom is 0.164 e. The monoisotopic (exact) mass is 230 g/mol. The number of Topliss-reactive ketones (excluding diaryl/α,β-unsaturated/α-hetero) is 1. The molecule has 0 saturated heterocycles. The van der Waals surface area contributed by atoms with Crippen LogP contribution in [0.3, 0.4) is 0 Å². The van der Waals surface area contributed by atoms with Crippen molar-refractivity contribution in [3.8, 4) is 5.69 Å². The molecule has 0 bridgehead atoms. The largest absolute Gasteiger partial charge is 0.299 e. The number of carbonyl (C=O) groups excluding carboxylic acids is 1. The van der Waals surface area contributed by atoms with Crippen molar-refractivity contribution >= 4 is 5.78 Å². The van der Waals surface area contributed by atoms with E-state index in [4.69, 9.17) is 0 Å². The van der Waals surface area contributed by atoms with Gasteiger partial charge in [-0.3, -0.25) is 4.79 Å². The summed E-state index contributed by atoms with van der Waals surface area (Å²) in [4.78, 5) is 11.6. The van der Waals surface area contributed by atoms with Gasteiger partial charge in [-0.05, 0) is 29.0 Å². The lowest BCUT2D eigenvalue weighted by atomic mass is 10.2. The van der Waals surface area contributed by atoms with E-state index in [9.17, 15) is 4.79 Å². The average Bonchev–Trinajstić information content (AvgIpc) is 2.78. The Morgan fingerprint density at radius 3 is 2.76 bits per heavy atom. The molecular weight excluding hydrogens is 216 g/mol. The molecule has 2 aromatic rings. The minimum Gasteiger partial charge on any atom is -0.299 e. The molecule has 0 spiro atoms. The number of para-hydroxylation sites is 1. The zero-order valence-corrected chi connectivity index (χ0v) is 9.71. The van der Waals surface area contributed by atoms with Crippen molar-refractivity contribution in [3.63, 3.8) is 0 Å². The van der Waals surface area contributed by atoms with Gasteiger partial charge < -0.3 is 0 Å². The molecule has 0 atom stereocenters. The van der Waals surface area contributed by atoms with Crippen molar-refractivity contribution in [2.24, 2.45) is 0 Å². The molecule has 88 valence electrons. The summed E-state index contributed by atoms with van der Waals surface area (Å²) in [5, 5.41) is 11.4. The van der Waals surface area contributed by atoms with Crippen LogP contribution in [0.2, 0.25) is 0 Å². The fourth-order valence-electron chi connectivity index (χ4n) is 1.63. The van der Waals surface area contributed by atoms with Crippen molar-refractivity contribution in [1.29, 1.82) is 0 Å². The molecule has 0 aliphatic heterocycles. The van der Waals surface area contributed by atoms with Crippen LogP contribution < -0.4 is 0 Å². The molecule has 0 saturated carbocycles. The number of benzene rings is 1. The predicted molar refractivity (Wildman–Crippen MR) is 62.8 cm³/mol. The third kappa shape index (κ3) is 2.75. The molecule has 0 aliphatic carbocycles. The first-order valence-corrected chi connectivity index (χ1v) is 5.65. The molecule has 0 amide bonds. The Balaban J connectivity index is 2.20. The lowest BCUT2D eigenvalue weighted by molar-refractivity contribution is -0.118. The molecule has 0 radical (unpaired) electrons. The van der Waals surface area contributed by atoms with Gasteiger partial charge in [-0.15, -0.1) is 5.10 Å². The molecule has 0 fully saturated rings. The minimum absolute atomic E-state index is 0.166. The Bertz CT molecular complexity index is 492. The SMILES string of the molecule is CCCC(=O)Cc1nnnn1-c1ccccc1. The second-order valence-electron chi connectivity index (χ2n) is 3.81. The van der Waals surface area contributed by atoms with Gasteiger partial charge in [0.15, 0.2) is 5.82 Å². The van der Waals surface area contributed by atoms with Crippen molar-refractivity contribution in [2.75, 3.05) is 0 Å². The van der Waals surface area contributed by atoms with Gasteiger partial charge in [0.25, 0.3) is 0 Å². The quantitative estimate of drug-likeness (QED) is 0.782. The fraction of sp³-hybridized carbons (Fsp3) is 0.333. The third-order valence-corrected chi connectivity index (χ3v) is 2.42. The van der Waals surface area contributed by atoms with E-state index >= 15 is 0 Å². The third-order valence-electron chi connectivity index (χ3n) is 2.42. The molecule has 2 rings (SSSR count). The maximum absolute atomic E-state index is 11.6. The summed E-state index contributed by atoms with van der Waals surface area (Å²) < 4.78 is 1.60. The van der Waals surface area contributed by atoms with E-state index in [1.807, 2.05) is 37.3 Å². The molecule has 17 heavy (non-hydrogen) atoms. The number of hydrogen-bond donors (Lipinski definition) is 0. The van der Waals surface area contributed by atoms with Crippen LogP contribution in [-0.4, -0.2) is 26.0 Å². The highest BCUT2D eigenvalue weighted by atomic mass is 16.1. The van der Waals surface area contributed by atoms with Crippen LogP contribution in [-0.2, 0) is 11.2 Å². The smallest absolute Gasteiger partial charge is 0.164 e. The van der Waals surface area contributed by atoms with E-state index in [1.54, 1.807) is 4.68 Å². The highest BCUT2D eigenvalue weighted by Gasteiger charge is 2.11. The molecule has 1 heterocycles. The molecular formula is C12H14N4O. The van der Waals surface area contributed by atoms with Gasteiger partial charge in [0.05, 0.1) is 12.1 Å². The number of carbonyl (C=O) groups is 1. The molecule has 1 aromatic carbocycles. The molecule has 5 nitrogen and oxygen atoms in total. The van der Waals surface area contributed by atoms with Crippen LogP contribution in [0.25, 0.3) is 5.69 Å². The Morgan fingerprint density at radius 2 is 2.06 bits per heavy atom. The maximum atomic E-state index is 11.6. The molecule has 0 aliphatic rings. The number of hydrogen-bond acceptors (Lipinski definition) is 4. The average molecular weight is 230 g/mol. The highest BCUT2D eigenvalue weighted by molar-refractivity contribution is 5.80. The molecule has 0 unspecified atom stereocenters. The number of nitrogens with zero attached hydrogens (tertiary/aromatic N) is 4. The normalized spacial score (nSPS) is 10.4. The fourth-order valence-corrected chi connectivity index (χ4v) is 1.63. The standard InChI is InChI=1S/C12H14N4O/c1-2-6-11(17)9-12-13-14-15-16(12)10-7-4-3-5-8-10/h3-5,7-8H,2,6,9H2,1H3. The van der Waals surface area contributed by atoms with E-state index in [-0.39, 0.29) is 12.2 Å². The van der Waals surface area contributed by atoms with Crippen molar-refractivity contribution in [1.82, 2.24) is 20.2 Å². The summed E-state index contributed by atoms with van der Waals surface area (Å²) >= 11 is 0. The minimum atomic E-state index is 0.166. The lowest BCUT2D eigenvalue weighted by Crippen LogP contribution is -2.09. The number of rotatable bonds is 5. The van der Waals surface area contributed by atoms with Gasteiger partial charge in [-0.25, -0.2) is 0 Å². The summed E-state index contributed by atoms with van der Waals surface area (Å²) in [6, 6.07) is 9.56. The van der Waals surface area contributed by atoms with Crippen LogP contribution in [0.15, 0.2) is 30.3 Å². The van der Waals surface area contributed by atoms with E-state index in [0.29, 0.717) is 12.2 Å². The topological polar surface area (TPSA) is 60.7 Å². The molecule has 1 aromatic heterocycles. The van der Waals surface area contributed by atoms with Crippen molar-refractivity contribution in [2.45, 2.75) is 26.2 Å². The Morgan fingerprint density at radius 1 is 1.29 bits per heavy atom. The summed E-state index contributed by atoms with van der Waals surface area (Å²) in [5.74, 6) is 0.758. The number of tetrazole rings is 1. The van der Waals surface area contributed by atoms with Crippen molar-refractivity contribution in [3.05, 3.63) is 36.2 Å². The van der Waals surface area contributed by atoms with Crippen molar-refractivity contribution < 1.29 is 4.79 Å².